The van der Waals surface area contributed by atoms with Crippen LogP contribution in [0.4, 0.5) is 5.69 Å². The molecule has 4 heteroatoms. The zero-order valence-electron chi connectivity index (χ0n) is 11.0. The monoisotopic (exact) mass is 293 g/mol. The highest BCUT2D eigenvalue weighted by Crippen LogP contribution is 2.27. The average molecular weight is 294 g/mol. The third-order valence-corrected chi connectivity index (χ3v) is 4.05. The summed E-state index contributed by atoms with van der Waals surface area (Å²) in [5.41, 5.74) is 1.57. The van der Waals surface area contributed by atoms with Gasteiger partial charge in [-0.05, 0) is 43.5 Å². The Morgan fingerprint density at radius 1 is 1.37 bits per heavy atom. The summed E-state index contributed by atoms with van der Waals surface area (Å²) in [6, 6.07) is 9.92. The van der Waals surface area contributed by atoms with E-state index in [-0.39, 0.29) is 0 Å². The molecular formula is C15H16ClNOS. The van der Waals surface area contributed by atoms with E-state index < -0.39 is 0 Å². The van der Waals surface area contributed by atoms with E-state index >= 15 is 0 Å². The van der Waals surface area contributed by atoms with Crippen LogP contribution in [0.3, 0.4) is 0 Å². The van der Waals surface area contributed by atoms with Gasteiger partial charge in [-0.15, -0.1) is 11.3 Å². The summed E-state index contributed by atoms with van der Waals surface area (Å²) in [6.07, 6.45) is 0.866. The predicted molar refractivity (Wildman–Crippen MR) is 82.5 cm³/mol. The Labute approximate surface area is 122 Å². The Morgan fingerprint density at radius 2 is 2.16 bits per heavy atom. The molecule has 0 atom stereocenters. The number of anilines is 1. The first-order valence-electron chi connectivity index (χ1n) is 6.15. The van der Waals surface area contributed by atoms with Gasteiger partial charge in [0, 0.05) is 27.2 Å². The number of nitrogens with zero attached hydrogens (tertiary/aromatic N) is 1. The molecular weight excluding hydrogens is 278 g/mol. The van der Waals surface area contributed by atoms with E-state index in [4.69, 9.17) is 11.6 Å². The van der Waals surface area contributed by atoms with Gasteiger partial charge in [-0.3, -0.25) is 4.79 Å². The van der Waals surface area contributed by atoms with Crippen LogP contribution < -0.4 is 4.90 Å². The van der Waals surface area contributed by atoms with E-state index in [1.165, 1.54) is 4.88 Å². The summed E-state index contributed by atoms with van der Waals surface area (Å²) < 4.78 is 0. The maximum absolute atomic E-state index is 11.2. The molecule has 1 aromatic heterocycles. The molecule has 2 rings (SSSR count). The summed E-state index contributed by atoms with van der Waals surface area (Å²) in [7, 11) is 0. The minimum absolute atomic E-state index is 0.307. The molecule has 2 aromatic rings. The van der Waals surface area contributed by atoms with Crippen LogP contribution in [0.2, 0.25) is 5.02 Å². The number of rotatable bonds is 5. The van der Waals surface area contributed by atoms with Crippen molar-refractivity contribution in [3.63, 3.8) is 0 Å². The van der Waals surface area contributed by atoms with Gasteiger partial charge in [-0.25, -0.2) is 0 Å². The molecule has 1 heterocycles. The van der Waals surface area contributed by atoms with Gasteiger partial charge in [-0.2, -0.15) is 0 Å². The number of carbonyl (C=O) groups is 1. The first kappa shape index (κ1) is 14.1. The average Bonchev–Trinajstić information content (AvgIpc) is 2.89. The lowest BCUT2D eigenvalue weighted by Crippen LogP contribution is -2.30. The normalized spacial score (nSPS) is 10.7. The van der Waals surface area contributed by atoms with E-state index in [9.17, 15) is 4.79 Å². The quantitative estimate of drug-likeness (QED) is 0.749. The Morgan fingerprint density at radius 3 is 2.74 bits per heavy atom. The fourth-order valence-corrected chi connectivity index (χ4v) is 2.88. The fraction of sp³-hybridized carbons (Fsp3) is 0.267. The van der Waals surface area contributed by atoms with Gasteiger partial charge in [0.1, 0.15) is 0 Å². The van der Waals surface area contributed by atoms with E-state index in [1.54, 1.807) is 17.4 Å². The van der Waals surface area contributed by atoms with Crippen LogP contribution in [0, 0.1) is 0 Å². The molecule has 19 heavy (non-hydrogen) atoms. The highest BCUT2D eigenvalue weighted by Gasteiger charge is 2.15. The smallest absolute Gasteiger partial charge is 0.152 e. The number of aldehydes is 1. The highest BCUT2D eigenvalue weighted by atomic mass is 35.5. The van der Waals surface area contributed by atoms with Crippen LogP contribution in [0.5, 0.6) is 0 Å². The van der Waals surface area contributed by atoms with Crippen molar-refractivity contribution in [2.75, 3.05) is 4.90 Å². The van der Waals surface area contributed by atoms with Crippen LogP contribution in [-0.4, -0.2) is 12.3 Å². The number of hydrogen-bond acceptors (Lipinski definition) is 3. The topological polar surface area (TPSA) is 20.3 Å². The van der Waals surface area contributed by atoms with Crippen LogP contribution in [0.15, 0.2) is 35.7 Å². The van der Waals surface area contributed by atoms with E-state index in [0.717, 1.165) is 18.5 Å². The van der Waals surface area contributed by atoms with Crippen molar-refractivity contribution >= 4 is 34.9 Å². The van der Waals surface area contributed by atoms with E-state index in [2.05, 4.69) is 30.2 Å². The molecule has 0 spiro atoms. The van der Waals surface area contributed by atoms with Gasteiger partial charge in [0.25, 0.3) is 0 Å². The second-order valence-corrected chi connectivity index (χ2v) is 6.09. The molecule has 0 N–H and O–H groups in total. The molecule has 0 amide bonds. The van der Waals surface area contributed by atoms with Crippen LogP contribution >= 0.6 is 22.9 Å². The van der Waals surface area contributed by atoms with Gasteiger partial charge < -0.3 is 4.90 Å². The van der Waals surface area contributed by atoms with Gasteiger partial charge in [0.15, 0.2) is 6.29 Å². The molecule has 0 aliphatic heterocycles. The van der Waals surface area contributed by atoms with Crippen molar-refractivity contribution in [2.45, 2.75) is 26.4 Å². The van der Waals surface area contributed by atoms with Crippen molar-refractivity contribution in [2.24, 2.45) is 0 Å². The first-order valence-corrected chi connectivity index (χ1v) is 7.41. The predicted octanol–water partition coefficient (Wildman–Crippen LogP) is 4.63. The largest absolute Gasteiger partial charge is 0.363 e. The fourth-order valence-electron chi connectivity index (χ4n) is 2.00. The van der Waals surface area contributed by atoms with E-state index in [1.807, 2.05) is 18.2 Å². The van der Waals surface area contributed by atoms with Gasteiger partial charge in [0.2, 0.25) is 0 Å². The van der Waals surface area contributed by atoms with Gasteiger partial charge in [0.05, 0.1) is 6.54 Å². The third kappa shape index (κ3) is 3.37. The lowest BCUT2D eigenvalue weighted by atomic mass is 10.1. The van der Waals surface area contributed by atoms with Gasteiger partial charge >= 0.3 is 0 Å². The molecule has 0 saturated carbocycles. The molecule has 0 radical (unpaired) electrons. The second-order valence-electron chi connectivity index (χ2n) is 4.62. The molecule has 2 nitrogen and oxygen atoms in total. The van der Waals surface area contributed by atoms with Crippen molar-refractivity contribution < 1.29 is 4.79 Å². The minimum atomic E-state index is 0.307. The van der Waals surface area contributed by atoms with Crippen LogP contribution in [0.1, 0.15) is 29.1 Å². The maximum Gasteiger partial charge on any atom is 0.152 e. The lowest BCUT2D eigenvalue weighted by molar-refractivity contribution is 0.112. The Bertz CT molecular complexity index is 551. The molecule has 100 valence electrons. The van der Waals surface area contributed by atoms with Gasteiger partial charge in [-0.1, -0.05) is 17.7 Å². The minimum Gasteiger partial charge on any atom is -0.363 e. The number of carbonyl (C=O) groups excluding carboxylic acids is 1. The standard InChI is InChI=1S/C15H16ClNOS/c1-11(2)17(9-14-4-3-7-19-14)15-6-5-13(16)8-12(15)10-18/h3-8,10-11H,9H2,1-2H3. The molecule has 0 saturated heterocycles. The van der Waals surface area contributed by atoms with Crippen molar-refractivity contribution in [3.05, 3.63) is 51.2 Å². The van der Waals surface area contributed by atoms with Crippen molar-refractivity contribution in [3.8, 4) is 0 Å². The molecule has 0 aliphatic carbocycles. The molecule has 0 bridgehead atoms. The molecule has 0 unspecified atom stereocenters. The molecule has 0 aliphatic rings. The van der Waals surface area contributed by atoms with Crippen molar-refractivity contribution in [1.29, 1.82) is 0 Å². The molecule has 0 fully saturated rings. The zero-order valence-corrected chi connectivity index (χ0v) is 12.5. The second kappa shape index (κ2) is 6.22. The summed E-state index contributed by atoms with van der Waals surface area (Å²) >= 11 is 7.67. The van der Waals surface area contributed by atoms with E-state index in [0.29, 0.717) is 16.6 Å². The zero-order chi connectivity index (χ0) is 13.8. The Kier molecular flexibility index (Phi) is 4.61. The summed E-state index contributed by atoms with van der Waals surface area (Å²) in [6.45, 7) is 5.05. The maximum atomic E-state index is 11.2. The first-order chi connectivity index (χ1) is 9.11. The number of thiophene rings is 1. The Hall–Kier alpha value is -1.32. The lowest BCUT2D eigenvalue weighted by Gasteiger charge is -2.29. The van der Waals surface area contributed by atoms with Crippen molar-refractivity contribution in [1.82, 2.24) is 0 Å². The third-order valence-electron chi connectivity index (χ3n) is 2.96. The number of hydrogen-bond donors (Lipinski definition) is 0. The Balaban J connectivity index is 2.36. The number of benzene rings is 1. The summed E-state index contributed by atoms with van der Waals surface area (Å²) in [5.74, 6) is 0. The number of halogens is 1. The van der Waals surface area contributed by atoms with Crippen LogP contribution in [-0.2, 0) is 6.54 Å². The summed E-state index contributed by atoms with van der Waals surface area (Å²) in [5, 5.41) is 2.65. The SMILES string of the molecule is CC(C)N(Cc1cccs1)c1ccc(Cl)cc1C=O. The summed E-state index contributed by atoms with van der Waals surface area (Å²) in [4.78, 5) is 14.7. The van der Waals surface area contributed by atoms with Crippen LogP contribution in [0.25, 0.3) is 0 Å². The molecule has 1 aromatic carbocycles. The highest BCUT2D eigenvalue weighted by molar-refractivity contribution is 7.09.